The van der Waals surface area contributed by atoms with E-state index in [4.69, 9.17) is 27.8 Å². The van der Waals surface area contributed by atoms with Crippen molar-refractivity contribution in [1.82, 2.24) is 4.90 Å². The highest BCUT2D eigenvalue weighted by Gasteiger charge is 2.13. The van der Waals surface area contributed by atoms with Crippen LogP contribution in [0.1, 0.15) is 12.8 Å². The second-order valence-electron chi connectivity index (χ2n) is 4.45. The lowest BCUT2D eigenvalue weighted by molar-refractivity contribution is 0.415. The van der Waals surface area contributed by atoms with Crippen LogP contribution in [0.2, 0.25) is 5.02 Å². The summed E-state index contributed by atoms with van der Waals surface area (Å²) in [6.45, 7) is 1.83. The quantitative estimate of drug-likeness (QED) is 0.641. The molecule has 0 radical (unpaired) electrons. The minimum absolute atomic E-state index is 0. The fourth-order valence-electron chi connectivity index (χ4n) is 2.02. The number of halogens is 2. The van der Waals surface area contributed by atoms with E-state index in [0.29, 0.717) is 22.4 Å². The maximum Gasteiger partial charge on any atom is 0.223 e. The molecular weight excluding hydrogens is 313 g/mol. The van der Waals surface area contributed by atoms with Crippen LogP contribution < -0.4 is 16.2 Å². The van der Waals surface area contributed by atoms with E-state index in [-0.39, 0.29) is 18.4 Å². The number of ether oxygens (including phenoxy) is 1. The number of likely N-dealkylation sites (tertiary alicyclic amines) is 1. The lowest BCUT2D eigenvalue weighted by atomic mass is 10.3. The number of guanidine groups is 2. The van der Waals surface area contributed by atoms with Crippen LogP contribution in [-0.4, -0.2) is 37.0 Å². The van der Waals surface area contributed by atoms with Crippen LogP contribution in [0.4, 0.5) is 5.69 Å². The van der Waals surface area contributed by atoms with Gasteiger partial charge in [-0.3, -0.25) is 0 Å². The predicted molar refractivity (Wildman–Crippen MR) is 89.0 cm³/mol. The molecule has 0 atom stereocenters. The molecule has 0 amide bonds. The van der Waals surface area contributed by atoms with E-state index in [2.05, 4.69) is 9.98 Å². The van der Waals surface area contributed by atoms with Gasteiger partial charge in [-0.15, -0.1) is 12.4 Å². The number of hydrogen-bond acceptors (Lipinski definition) is 2. The molecule has 1 aromatic rings. The summed E-state index contributed by atoms with van der Waals surface area (Å²) in [6, 6.07) is 5.13. The summed E-state index contributed by atoms with van der Waals surface area (Å²) in [5, 5.41) is 0.470. The van der Waals surface area contributed by atoms with Crippen molar-refractivity contribution < 1.29 is 4.74 Å². The van der Waals surface area contributed by atoms with Crippen LogP contribution in [0.15, 0.2) is 28.2 Å². The Hall–Kier alpha value is -1.66. The van der Waals surface area contributed by atoms with Crippen molar-refractivity contribution in [3.05, 3.63) is 23.2 Å². The molecule has 0 spiro atoms. The fraction of sp³-hybridized carbons (Fsp3) is 0.385. The molecule has 0 bridgehead atoms. The molecule has 4 N–H and O–H groups in total. The van der Waals surface area contributed by atoms with Gasteiger partial charge in [-0.05, 0) is 31.0 Å². The normalized spacial score (nSPS) is 15.8. The van der Waals surface area contributed by atoms with Crippen LogP contribution in [-0.2, 0) is 0 Å². The van der Waals surface area contributed by atoms with Crippen molar-refractivity contribution >= 4 is 41.6 Å². The van der Waals surface area contributed by atoms with Crippen LogP contribution in [0.3, 0.4) is 0 Å². The van der Waals surface area contributed by atoms with Crippen LogP contribution >= 0.6 is 24.0 Å². The number of hydrogen-bond donors (Lipinski definition) is 2. The second kappa shape index (κ2) is 7.95. The summed E-state index contributed by atoms with van der Waals surface area (Å²) in [5.41, 5.74) is 12.3. The molecule has 0 unspecified atom stereocenters. The lowest BCUT2D eigenvalue weighted by Gasteiger charge is -2.15. The van der Waals surface area contributed by atoms with E-state index in [9.17, 15) is 0 Å². The van der Waals surface area contributed by atoms with Gasteiger partial charge in [0, 0.05) is 13.1 Å². The Kier molecular flexibility index (Phi) is 6.58. The summed E-state index contributed by atoms with van der Waals surface area (Å²) in [7, 11) is 1.56. The number of benzene rings is 1. The lowest BCUT2D eigenvalue weighted by Crippen LogP contribution is -2.36. The zero-order chi connectivity index (χ0) is 14.5. The molecule has 1 aliphatic heterocycles. The fourth-order valence-corrected chi connectivity index (χ4v) is 2.27. The van der Waals surface area contributed by atoms with Gasteiger partial charge in [-0.25, -0.2) is 4.99 Å². The first kappa shape index (κ1) is 17.4. The van der Waals surface area contributed by atoms with E-state index >= 15 is 0 Å². The van der Waals surface area contributed by atoms with Crippen molar-refractivity contribution in [1.29, 1.82) is 0 Å². The first-order valence-corrected chi connectivity index (χ1v) is 6.75. The van der Waals surface area contributed by atoms with Gasteiger partial charge in [-0.1, -0.05) is 11.6 Å². The van der Waals surface area contributed by atoms with Gasteiger partial charge in [0.05, 0.1) is 17.8 Å². The highest BCUT2D eigenvalue weighted by molar-refractivity contribution is 6.32. The molecule has 6 nitrogen and oxygen atoms in total. The Morgan fingerprint density at radius 2 is 1.95 bits per heavy atom. The summed E-state index contributed by atoms with van der Waals surface area (Å²) in [6.07, 6.45) is 2.25. The topological polar surface area (TPSA) is 89.2 Å². The summed E-state index contributed by atoms with van der Waals surface area (Å²) in [5.74, 6) is 1.10. The third-order valence-corrected chi connectivity index (χ3v) is 3.33. The Balaban J connectivity index is 0.00000220. The van der Waals surface area contributed by atoms with Crippen LogP contribution in [0.5, 0.6) is 5.75 Å². The maximum absolute atomic E-state index is 6.02. The highest BCUT2D eigenvalue weighted by atomic mass is 35.5. The third-order valence-electron chi connectivity index (χ3n) is 3.04. The van der Waals surface area contributed by atoms with Crippen molar-refractivity contribution in [2.75, 3.05) is 20.2 Å². The number of nitrogens with zero attached hydrogens (tertiary/aromatic N) is 3. The molecule has 1 fully saturated rings. The van der Waals surface area contributed by atoms with E-state index in [1.54, 1.807) is 25.3 Å². The number of aliphatic imine (C=N–C) groups is 2. The summed E-state index contributed by atoms with van der Waals surface area (Å²) in [4.78, 5) is 10.3. The molecule has 2 rings (SSSR count). The molecule has 1 saturated heterocycles. The largest absolute Gasteiger partial charge is 0.495 e. The monoisotopic (exact) mass is 331 g/mol. The molecular formula is C13H19Cl2N5O. The number of methoxy groups -OCH3 is 1. The Labute approximate surface area is 135 Å². The first-order chi connectivity index (χ1) is 9.60. The number of rotatable bonds is 2. The minimum atomic E-state index is 0. The van der Waals surface area contributed by atoms with Crippen molar-refractivity contribution in [2.45, 2.75) is 12.8 Å². The average Bonchev–Trinajstić information content (AvgIpc) is 2.92. The predicted octanol–water partition coefficient (Wildman–Crippen LogP) is 2.13. The Morgan fingerprint density at radius 3 is 2.52 bits per heavy atom. The molecule has 21 heavy (non-hydrogen) atoms. The molecule has 8 heteroatoms. The van der Waals surface area contributed by atoms with Gasteiger partial charge in [0.2, 0.25) is 5.96 Å². The smallest absolute Gasteiger partial charge is 0.223 e. The van der Waals surface area contributed by atoms with Crippen molar-refractivity contribution in [3.8, 4) is 5.75 Å². The SMILES string of the molecule is COc1ccc(N=C(N)N=C(N)N2CCCC2)cc1Cl.Cl. The van der Waals surface area contributed by atoms with Gasteiger partial charge >= 0.3 is 0 Å². The second-order valence-corrected chi connectivity index (χ2v) is 4.86. The van der Waals surface area contributed by atoms with E-state index < -0.39 is 0 Å². The van der Waals surface area contributed by atoms with E-state index in [1.165, 1.54) is 0 Å². The molecule has 1 aliphatic rings. The van der Waals surface area contributed by atoms with Gasteiger partial charge in [0.15, 0.2) is 5.96 Å². The third kappa shape index (κ3) is 4.68. The molecule has 1 aromatic carbocycles. The molecule has 0 aliphatic carbocycles. The number of nitrogens with two attached hydrogens (primary N) is 2. The average molecular weight is 332 g/mol. The summed E-state index contributed by atoms with van der Waals surface area (Å²) < 4.78 is 5.07. The molecule has 0 saturated carbocycles. The van der Waals surface area contributed by atoms with Gasteiger partial charge in [-0.2, -0.15) is 4.99 Å². The van der Waals surface area contributed by atoms with Gasteiger partial charge in [0.1, 0.15) is 5.75 Å². The molecule has 116 valence electrons. The Morgan fingerprint density at radius 1 is 1.29 bits per heavy atom. The van der Waals surface area contributed by atoms with Crippen molar-refractivity contribution in [3.63, 3.8) is 0 Å². The van der Waals surface area contributed by atoms with Gasteiger partial charge < -0.3 is 21.1 Å². The van der Waals surface area contributed by atoms with Crippen LogP contribution in [0.25, 0.3) is 0 Å². The van der Waals surface area contributed by atoms with Crippen molar-refractivity contribution in [2.24, 2.45) is 21.5 Å². The standard InChI is InChI=1S/C13H18ClN5O.ClH/c1-20-11-5-4-9(8-10(11)14)17-12(15)18-13(16)19-6-2-3-7-19;/h4-5,8H,2-3,6-7H2,1H3,(H4,15,16,17,18);1H. The Bertz CT molecular complexity index is 541. The maximum atomic E-state index is 6.02. The summed E-state index contributed by atoms with van der Waals surface area (Å²) >= 11 is 6.02. The zero-order valence-electron chi connectivity index (χ0n) is 11.8. The highest BCUT2D eigenvalue weighted by Crippen LogP contribution is 2.28. The van der Waals surface area contributed by atoms with Gasteiger partial charge in [0.25, 0.3) is 0 Å². The first-order valence-electron chi connectivity index (χ1n) is 6.37. The minimum Gasteiger partial charge on any atom is -0.495 e. The van der Waals surface area contributed by atoms with Crippen LogP contribution in [0, 0.1) is 0 Å². The molecule has 1 heterocycles. The molecule has 0 aromatic heterocycles. The zero-order valence-corrected chi connectivity index (χ0v) is 13.3. The van der Waals surface area contributed by atoms with E-state index in [1.807, 2.05) is 4.90 Å². The van der Waals surface area contributed by atoms with E-state index in [0.717, 1.165) is 25.9 Å².